The van der Waals surface area contributed by atoms with Gasteiger partial charge in [0, 0.05) is 6.20 Å². The van der Waals surface area contributed by atoms with Crippen molar-refractivity contribution in [2.24, 2.45) is 0 Å². The van der Waals surface area contributed by atoms with E-state index in [4.69, 9.17) is 4.74 Å². The third kappa shape index (κ3) is 3.19. The summed E-state index contributed by atoms with van der Waals surface area (Å²) in [4.78, 5) is 22.4. The standard InChI is InChI=1S/C10H14N2O3/c1-7(13)8-5-11-12(6-8)9(14)15-10(2,3)4/h5-6H,1-4H3. The summed E-state index contributed by atoms with van der Waals surface area (Å²) in [5, 5.41) is 3.74. The molecule has 0 aliphatic heterocycles. The molecular weight excluding hydrogens is 196 g/mol. The van der Waals surface area contributed by atoms with Gasteiger partial charge in [-0.15, -0.1) is 0 Å². The van der Waals surface area contributed by atoms with Gasteiger partial charge in [-0.2, -0.15) is 9.78 Å². The van der Waals surface area contributed by atoms with Crippen molar-refractivity contribution in [2.75, 3.05) is 0 Å². The number of hydrogen-bond donors (Lipinski definition) is 0. The van der Waals surface area contributed by atoms with Gasteiger partial charge in [-0.25, -0.2) is 4.79 Å². The Hall–Kier alpha value is -1.65. The van der Waals surface area contributed by atoms with Gasteiger partial charge >= 0.3 is 6.09 Å². The Balaban J connectivity index is 2.79. The number of carbonyl (C=O) groups excluding carboxylic acids is 2. The molecule has 5 heteroatoms. The number of carbonyl (C=O) groups is 2. The third-order valence-electron chi connectivity index (χ3n) is 1.57. The molecule has 0 aliphatic rings. The summed E-state index contributed by atoms with van der Waals surface area (Å²) in [6.07, 6.45) is 2.11. The van der Waals surface area contributed by atoms with E-state index in [1.807, 2.05) is 0 Å². The van der Waals surface area contributed by atoms with E-state index in [0.29, 0.717) is 5.56 Å². The summed E-state index contributed by atoms with van der Waals surface area (Å²) in [6, 6.07) is 0. The Morgan fingerprint density at radius 2 is 2.00 bits per heavy atom. The highest BCUT2D eigenvalue weighted by molar-refractivity contribution is 5.94. The molecule has 0 radical (unpaired) electrons. The van der Waals surface area contributed by atoms with Crippen molar-refractivity contribution in [3.8, 4) is 0 Å². The Morgan fingerprint density at radius 1 is 1.40 bits per heavy atom. The summed E-state index contributed by atoms with van der Waals surface area (Å²) in [5.74, 6) is -0.134. The number of hydrogen-bond acceptors (Lipinski definition) is 4. The average molecular weight is 210 g/mol. The van der Waals surface area contributed by atoms with Crippen molar-refractivity contribution >= 4 is 11.9 Å². The highest BCUT2D eigenvalue weighted by Gasteiger charge is 2.18. The molecule has 82 valence electrons. The Morgan fingerprint density at radius 3 is 2.40 bits per heavy atom. The van der Waals surface area contributed by atoms with Crippen LogP contribution in [0.15, 0.2) is 12.4 Å². The van der Waals surface area contributed by atoms with Crippen LogP contribution in [0.4, 0.5) is 4.79 Å². The van der Waals surface area contributed by atoms with Crippen molar-refractivity contribution in [1.82, 2.24) is 9.78 Å². The second-order valence-corrected chi connectivity index (χ2v) is 4.21. The highest BCUT2D eigenvalue weighted by atomic mass is 16.6. The third-order valence-corrected chi connectivity index (χ3v) is 1.57. The van der Waals surface area contributed by atoms with Gasteiger partial charge in [0.1, 0.15) is 5.60 Å². The molecule has 0 N–H and O–H groups in total. The molecule has 1 aromatic rings. The summed E-state index contributed by atoms with van der Waals surface area (Å²) >= 11 is 0. The first kappa shape index (κ1) is 11.4. The van der Waals surface area contributed by atoms with Gasteiger partial charge in [-0.3, -0.25) is 4.79 Å². The first-order chi connectivity index (χ1) is 6.79. The molecule has 0 saturated carbocycles. The first-order valence-electron chi connectivity index (χ1n) is 4.58. The second kappa shape index (κ2) is 3.84. The van der Waals surface area contributed by atoms with Crippen molar-refractivity contribution in [3.05, 3.63) is 18.0 Å². The normalized spacial score (nSPS) is 11.2. The SMILES string of the molecule is CC(=O)c1cnn(C(=O)OC(C)(C)C)c1. The lowest BCUT2D eigenvalue weighted by molar-refractivity contribution is 0.0514. The van der Waals surface area contributed by atoms with Crippen LogP contribution >= 0.6 is 0 Å². The van der Waals surface area contributed by atoms with Crippen LogP contribution in [0.25, 0.3) is 0 Å². The van der Waals surface area contributed by atoms with Crippen LogP contribution in [0, 0.1) is 0 Å². The van der Waals surface area contributed by atoms with Gasteiger partial charge in [-0.1, -0.05) is 0 Å². The van der Waals surface area contributed by atoms with Gasteiger partial charge in [-0.05, 0) is 27.7 Å². The molecule has 15 heavy (non-hydrogen) atoms. The van der Waals surface area contributed by atoms with Crippen molar-refractivity contribution in [2.45, 2.75) is 33.3 Å². The maximum atomic E-state index is 11.5. The molecule has 0 bridgehead atoms. The molecule has 1 heterocycles. The average Bonchev–Trinajstić information content (AvgIpc) is 2.47. The van der Waals surface area contributed by atoms with E-state index in [1.165, 1.54) is 19.3 Å². The zero-order chi connectivity index (χ0) is 11.6. The largest absolute Gasteiger partial charge is 0.442 e. The van der Waals surface area contributed by atoms with Crippen LogP contribution in [0.1, 0.15) is 38.1 Å². The summed E-state index contributed by atoms with van der Waals surface area (Å²) in [5.41, 5.74) is -0.180. The lowest BCUT2D eigenvalue weighted by Crippen LogP contribution is -2.27. The molecule has 0 saturated heterocycles. The maximum Gasteiger partial charge on any atom is 0.435 e. The topological polar surface area (TPSA) is 61.2 Å². The fourth-order valence-electron chi connectivity index (χ4n) is 0.913. The zero-order valence-electron chi connectivity index (χ0n) is 9.27. The molecule has 0 fully saturated rings. The van der Waals surface area contributed by atoms with E-state index >= 15 is 0 Å². The van der Waals surface area contributed by atoms with E-state index < -0.39 is 11.7 Å². The van der Waals surface area contributed by atoms with E-state index in [2.05, 4.69) is 5.10 Å². The Bertz CT molecular complexity index is 388. The maximum absolute atomic E-state index is 11.5. The lowest BCUT2D eigenvalue weighted by atomic mass is 10.2. The quantitative estimate of drug-likeness (QED) is 0.664. The number of rotatable bonds is 1. The fourth-order valence-corrected chi connectivity index (χ4v) is 0.913. The van der Waals surface area contributed by atoms with Gasteiger partial charge < -0.3 is 4.74 Å². The minimum atomic E-state index is -0.588. The highest BCUT2D eigenvalue weighted by Crippen LogP contribution is 2.09. The summed E-state index contributed by atoms with van der Waals surface area (Å²) < 4.78 is 6.08. The van der Waals surface area contributed by atoms with Crippen LogP contribution in [-0.2, 0) is 4.74 Å². The van der Waals surface area contributed by atoms with Crippen molar-refractivity contribution in [3.63, 3.8) is 0 Å². The van der Waals surface area contributed by atoms with Gasteiger partial charge in [0.2, 0.25) is 0 Å². The van der Waals surface area contributed by atoms with Gasteiger partial charge in [0.15, 0.2) is 5.78 Å². The van der Waals surface area contributed by atoms with Gasteiger partial charge in [0.25, 0.3) is 0 Å². The monoisotopic (exact) mass is 210 g/mol. The van der Waals surface area contributed by atoms with E-state index in [0.717, 1.165) is 4.68 Å². The fraction of sp³-hybridized carbons (Fsp3) is 0.500. The molecule has 1 rings (SSSR count). The smallest absolute Gasteiger partial charge is 0.435 e. The molecule has 5 nitrogen and oxygen atoms in total. The van der Waals surface area contributed by atoms with Crippen molar-refractivity contribution < 1.29 is 14.3 Å². The van der Waals surface area contributed by atoms with E-state index in [1.54, 1.807) is 20.8 Å². The minimum Gasteiger partial charge on any atom is -0.442 e. The number of ketones is 1. The van der Waals surface area contributed by atoms with Crippen LogP contribution in [0.2, 0.25) is 0 Å². The number of ether oxygens (including phenoxy) is 1. The van der Waals surface area contributed by atoms with Crippen molar-refractivity contribution in [1.29, 1.82) is 0 Å². The molecule has 0 aliphatic carbocycles. The molecule has 0 unspecified atom stereocenters. The zero-order valence-corrected chi connectivity index (χ0v) is 9.27. The molecule has 0 spiro atoms. The van der Waals surface area contributed by atoms with Gasteiger partial charge in [0.05, 0.1) is 11.8 Å². The lowest BCUT2D eigenvalue weighted by Gasteiger charge is -2.18. The molecule has 0 aromatic carbocycles. The van der Waals surface area contributed by atoms with E-state index in [9.17, 15) is 9.59 Å². The first-order valence-corrected chi connectivity index (χ1v) is 4.58. The minimum absolute atomic E-state index is 0.134. The molecule has 0 atom stereocenters. The number of aromatic nitrogens is 2. The summed E-state index contributed by atoms with van der Waals surface area (Å²) in [6.45, 7) is 6.71. The summed E-state index contributed by atoms with van der Waals surface area (Å²) in [7, 11) is 0. The van der Waals surface area contributed by atoms with E-state index in [-0.39, 0.29) is 5.78 Å². The van der Waals surface area contributed by atoms with Crippen LogP contribution in [0.3, 0.4) is 0 Å². The molecule has 0 amide bonds. The predicted octanol–water partition coefficient (Wildman–Crippen LogP) is 1.87. The number of nitrogens with zero attached hydrogens (tertiary/aromatic N) is 2. The predicted molar refractivity (Wildman–Crippen MR) is 53.9 cm³/mol. The Labute approximate surface area is 88.0 Å². The second-order valence-electron chi connectivity index (χ2n) is 4.21. The molecule has 1 aromatic heterocycles. The Kier molecular flexibility index (Phi) is 2.93. The van der Waals surface area contributed by atoms with Crippen LogP contribution < -0.4 is 0 Å². The molecular formula is C10H14N2O3. The number of Topliss-reactive ketones (excluding diaryl/α,β-unsaturated/α-hetero) is 1. The van der Waals surface area contributed by atoms with Crippen LogP contribution in [-0.4, -0.2) is 27.3 Å². The van der Waals surface area contributed by atoms with Crippen LogP contribution in [0.5, 0.6) is 0 Å².